The number of anilines is 1. The molecule has 5 nitrogen and oxygen atoms in total. The number of benzene rings is 2. The third-order valence-electron chi connectivity index (χ3n) is 4.46. The van der Waals surface area contributed by atoms with E-state index >= 15 is 0 Å². The highest BCUT2D eigenvalue weighted by Gasteiger charge is 2.20. The third-order valence-corrected chi connectivity index (χ3v) is 6.18. The zero-order valence-electron chi connectivity index (χ0n) is 14.2. The summed E-state index contributed by atoms with van der Waals surface area (Å²) in [6.07, 6.45) is 5.34. The summed E-state index contributed by atoms with van der Waals surface area (Å²) < 4.78 is 27.4. The zero-order valence-corrected chi connectivity index (χ0v) is 15.8. The van der Waals surface area contributed by atoms with Crippen molar-refractivity contribution in [1.82, 2.24) is 5.32 Å². The van der Waals surface area contributed by atoms with Gasteiger partial charge in [0.15, 0.2) is 0 Å². The van der Waals surface area contributed by atoms with Gasteiger partial charge in [-0.2, -0.15) is 0 Å². The molecular weight excluding hydrogens is 372 g/mol. The second-order valence-corrected chi connectivity index (χ2v) is 8.51. The maximum atomic E-state index is 12.5. The molecule has 0 spiro atoms. The maximum Gasteiger partial charge on any atom is 0.261 e. The molecule has 0 heterocycles. The van der Waals surface area contributed by atoms with Gasteiger partial charge in [0, 0.05) is 11.7 Å². The van der Waals surface area contributed by atoms with Crippen LogP contribution in [0.5, 0.6) is 0 Å². The highest BCUT2D eigenvalue weighted by Crippen LogP contribution is 2.24. The maximum absolute atomic E-state index is 12.5. The van der Waals surface area contributed by atoms with Crippen LogP contribution in [0.4, 0.5) is 5.69 Å². The lowest BCUT2D eigenvalue weighted by molar-refractivity contribution is 0.0928. The number of sulfonamides is 1. The number of amides is 1. The lowest BCUT2D eigenvalue weighted by Crippen LogP contribution is -2.36. The van der Waals surface area contributed by atoms with E-state index < -0.39 is 10.0 Å². The molecule has 1 saturated carbocycles. The Morgan fingerprint density at radius 2 is 1.69 bits per heavy atom. The molecule has 1 aliphatic carbocycles. The number of hydrogen-bond acceptors (Lipinski definition) is 3. The van der Waals surface area contributed by atoms with Gasteiger partial charge in [-0.3, -0.25) is 9.52 Å². The largest absolute Gasteiger partial charge is 0.349 e. The van der Waals surface area contributed by atoms with Crippen LogP contribution in [0, 0.1) is 0 Å². The van der Waals surface area contributed by atoms with E-state index in [1.54, 1.807) is 24.3 Å². The van der Waals surface area contributed by atoms with Gasteiger partial charge in [0.2, 0.25) is 0 Å². The Morgan fingerprint density at radius 3 is 2.38 bits per heavy atom. The van der Waals surface area contributed by atoms with E-state index in [2.05, 4.69) is 10.0 Å². The summed E-state index contributed by atoms with van der Waals surface area (Å²) in [5, 5.41) is 3.29. The van der Waals surface area contributed by atoms with Gasteiger partial charge >= 0.3 is 0 Å². The highest BCUT2D eigenvalue weighted by molar-refractivity contribution is 7.92. The van der Waals surface area contributed by atoms with Crippen LogP contribution in [0.1, 0.15) is 42.5 Å². The topological polar surface area (TPSA) is 75.3 Å². The Balaban J connectivity index is 1.78. The fourth-order valence-electron chi connectivity index (χ4n) is 3.09. The van der Waals surface area contributed by atoms with Gasteiger partial charge in [0.1, 0.15) is 0 Å². The number of halogens is 1. The summed E-state index contributed by atoms with van der Waals surface area (Å²) >= 11 is 6.16. The molecule has 1 aliphatic rings. The minimum atomic E-state index is -3.72. The number of carbonyl (C=O) groups excluding carboxylic acids is 1. The first-order chi connectivity index (χ1) is 12.5. The van der Waals surface area contributed by atoms with Crippen LogP contribution in [0.15, 0.2) is 53.4 Å². The van der Waals surface area contributed by atoms with E-state index in [1.807, 2.05) is 0 Å². The molecule has 138 valence electrons. The number of rotatable bonds is 5. The molecule has 2 aromatic carbocycles. The van der Waals surface area contributed by atoms with Gasteiger partial charge in [-0.15, -0.1) is 0 Å². The second kappa shape index (κ2) is 8.10. The first-order valence-electron chi connectivity index (χ1n) is 8.64. The fourth-order valence-corrected chi connectivity index (χ4v) is 4.36. The summed E-state index contributed by atoms with van der Waals surface area (Å²) in [7, 11) is -3.72. The van der Waals surface area contributed by atoms with E-state index in [-0.39, 0.29) is 22.4 Å². The number of nitrogens with one attached hydrogen (secondary N) is 2. The Labute approximate surface area is 158 Å². The van der Waals surface area contributed by atoms with E-state index in [0.29, 0.717) is 10.7 Å². The Hall–Kier alpha value is -2.05. The van der Waals surface area contributed by atoms with Crippen LogP contribution in [0.25, 0.3) is 0 Å². The minimum absolute atomic E-state index is 0.150. The molecule has 0 bridgehead atoms. The predicted molar refractivity (Wildman–Crippen MR) is 103 cm³/mol. The molecule has 0 atom stereocenters. The average Bonchev–Trinajstić information content (AvgIpc) is 2.64. The van der Waals surface area contributed by atoms with E-state index in [4.69, 9.17) is 11.6 Å². The molecule has 0 radical (unpaired) electrons. The van der Waals surface area contributed by atoms with Crippen molar-refractivity contribution in [2.75, 3.05) is 4.72 Å². The van der Waals surface area contributed by atoms with Crippen molar-refractivity contribution < 1.29 is 13.2 Å². The van der Waals surface area contributed by atoms with Gasteiger partial charge in [0.25, 0.3) is 15.9 Å². The van der Waals surface area contributed by atoms with Crippen molar-refractivity contribution in [3.8, 4) is 0 Å². The second-order valence-electron chi connectivity index (χ2n) is 6.42. The third kappa shape index (κ3) is 4.56. The summed E-state index contributed by atoms with van der Waals surface area (Å²) in [4.78, 5) is 12.7. The molecule has 0 unspecified atom stereocenters. The highest BCUT2D eigenvalue weighted by atomic mass is 35.5. The fraction of sp³-hybridized carbons (Fsp3) is 0.316. The lowest BCUT2D eigenvalue weighted by atomic mass is 9.95. The standard InChI is InChI=1S/C19H21ClN2O3S/c20-18-12-11-15(22-26(24,25)16-9-5-2-6-10-16)13-17(18)19(23)21-14-7-3-1-4-8-14/h2,5-6,9-14,22H,1,3-4,7-8H2,(H,21,23). The van der Waals surface area contributed by atoms with Crippen LogP contribution in [0.3, 0.4) is 0 Å². The molecule has 3 rings (SSSR count). The number of carbonyl (C=O) groups is 1. The van der Waals surface area contributed by atoms with Crippen molar-refractivity contribution in [1.29, 1.82) is 0 Å². The predicted octanol–water partition coefficient (Wildman–Crippen LogP) is 4.20. The quantitative estimate of drug-likeness (QED) is 0.800. The Kier molecular flexibility index (Phi) is 5.84. The van der Waals surface area contributed by atoms with E-state index in [9.17, 15) is 13.2 Å². The molecule has 2 aromatic rings. The molecule has 7 heteroatoms. The van der Waals surface area contributed by atoms with Crippen LogP contribution >= 0.6 is 11.6 Å². The normalized spacial score (nSPS) is 15.4. The zero-order chi connectivity index (χ0) is 18.6. The number of hydrogen-bond donors (Lipinski definition) is 2. The van der Waals surface area contributed by atoms with Gasteiger partial charge in [0.05, 0.1) is 15.5 Å². The molecule has 1 amide bonds. The van der Waals surface area contributed by atoms with Crippen LogP contribution in [-0.4, -0.2) is 20.4 Å². The first kappa shape index (κ1) is 18.7. The molecule has 0 aliphatic heterocycles. The van der Waals surface area contributed by atoms with Crippen molar-refractivity contribution in [3.05, 3.63) is 59.1 Å². The first-order valence-corrected chi connectivity index (χ1v) is 10.5. The van der Waals surface area contributed by atoms with E-state index in [1.165, 1.54) is 30.7 Å². The summed E-state index contributed by atoms with van der Waals surface area (Å²) in [6.45, 7) is 0. The van der Waals surface area contributed by atoms with Crippen molar-refractivity contribution >= 4 is 33.2 Å². The van der Waals surface area contributed by atoms with Crippen LogP contribution < -0.4 is 10.0 Å². The van der Waals surface area contributed by atoms with Crippen molar-refractivity contribution in [3.63, 3.8) is 0 Å². The van der Waals surface area contributed by atoms with Gasteiger partial charge < -0.3 is 5.32 Å². The Morgan fingerprint density at radius 1 is 1.00 bits per heavy atom. The lowest BCUT2D eigenvalue weighted by Gasteiger charge is -2.23. The van der Waals surface area contributed by atoms with Crippen molar-refractivity contribution in [2.24, 2.45) is 0 Å². The van der Waals surface area contributed by atoms with Gasteiger partial charge in [-0.1, -0.05) is 49.1 Å². The SMILES string of the molecule is O=C(NC1CCCCC1)c1cc(NS(=O)(=O)c2ccccc2)ccc1Cl. The molecule has 0 saturated heterocycles. The molecule has 1 fully saturated rings. The van der Waals surface area contributed by atoms with Crippen molar-refractivity contribution in [2.45, 2.75) is 43.0 Å². The summed E-state index contributed by atoms with van der Waals surface area (Å²) in [5.74, 6) is -0.275. The van der Waals surface area contributed by atoms with Gasteiger partial charge in [-0.25, -0.2) is 8.42 Å². The van der Waals surface area contributed by atoms with E-state index in [0.717, 1.165) is 25.7 Å². The molecule has 0 aromatic heterocycles. The average molecular weight is 393 g/mol. The minimum Gasteiger partial charge on any atom is -0.349 e. The van der Waals surface area contributed by atoms with Gasteiger partial charge in [-0.05, 0) is 43.2 Å². The van der Waals surface area contributed by atoms with Crippen LogP contribution in [0.2, 0.25) is 5.02 Å². The smallest absolute Gasteiger partial charge is 0.261 e. The summed E-state index contributed by atoms with van der Waals surface area (Å²) in [5.41, 5.74) is 0.567. The molecule has 2 N–H and O–H groups in total. The Bertz CT molecular complexity index is 879. The monoisotopic (exact) mass is 392 g/mol. The molecular formula is C19H21ClN2O3S. The van der Waals surface area contributed by atoms with Crippen LogP contribution in [-0.2, 0) is 10.0 Å². The molecule has 26 heavy (non-hydrogen) atoms. The summed E-state index contributed by atoms with van der Waals surface area (Å²) in [6, 6.07) is 12.8.